The van der Waals surface area contributed by atoms with Crippen LogP contribution in [0.3, 0.4) is 0 Å². The van der Waals surface area contributed by atoms with E-state index >= 15 is 0 Å². The summed E-state index contributed by atoms with van der Waals surface area (Å²) in [5.41, 5.74) is -0.600. The second-order valence-electron chi connectivity index (χ2n) is 7.60. The van der Waals surface area contributed by atoms with Crippen LogP contribution in [0, 0.1) is 11.8 Å². The topological polar surface area (TPSA) is 71.8 Å². The molecule has 3 aliphatic heterocycles. The Morgan fingerprint density at radius 3 is 2.96 bits per heavy atom. The second-order valence-corrected chi connectivity index (χ2v) is 7.60. The van der Waals surface area contributed by atoms with E-state index in [1.165, 1.54) is 12.8 Å². The highest BCUT2D eigenvalue weighted by Crippen LogP contribution is 2.52. The lowest BCUT2D eigenvalue weighted by Gasteiger charge is -2.26. The van der Waals surface area contributed by atoms with Crippen molar-refractivity contribution in [3.63, 3.8) is 0 Å². The van der Waals surface area contributed by atoms with Gasteiger partial charge in [0, 0.05) is 6.04 Å². The van der Waals surface area contributed by atoms with Crippen molar-refractivity contribution in [1.82, 2.24) is 10.2 Å². The van der Waals surface area contributed by atoms with Gasteiger partial charge in [-0.05, 0) is 25.0 Å². The number of likely N-dealkylation sites (tertiary alicyclic amines) is 1. The molecule has 1 aliphatic carbocycles. The lowest BCUT2D eigenvalue weighted by atomic mass is 9.77. The molecule has 4 aliphatic rings. The number of ether oxygens (including phenoxy) is 1. The van der Waals surface area contributed by atoms with E-state index in [1.54, 1.807) is 12.3 Å². The van der Waals surface area contributed by atoms with E-state index in [0.717, 1.165) is 12.8 Å². The first kappa shape index (κ1) is 15.2. The molecule has 1 saturated carbocycles. The molecule has 1 spiro atoms. The summed E-state index contributed by atoms with van der Waals surface area (Å²) in [4.78, 5) is 27.9. The van der Waals surface area contributed by atoms with Gasteiger partial charge in [-0.15, -0.1) is 0 Å². The van der Waals surface area contributed by atoms with Crippen LogP contribution in [0.25, 0.3) is 0 Å². The molecule has 132 valence electrons. The normalized spacial score (nSPS) is 36.4. The van der Waals surface area contributed by atoms with Gasteiger partial charge in [-0.25, -0.2) is 0 Å². The third-order valence-corrected chi connectivity index (χ3v) is 6.21. The summed E-state index contributed by atoms with van der Waals surface area (Å²) in [5.74, 6) is -0.164. The predicted octanol–water partition coefficient (Wildman–Crippen LogP) is 1.62. The van der Waals surface area contributed by atoms with Crippen LogP contribution in [0.4, 0.5) is 0 Å². The maximum absolute atomic E-state index is 13.1. The molecular weight excluding hydrogens is 320 g/mol. The number of hydrogen-bond donors (Lipinski definition) is 1. The first-order valence-corrected chi connectivity index (χ1v) is 9.16. The largest absolute Gasteiger partial charge is 0.467 e. The van der Waals surface area contributed by atoms with Gasteiger partial charge in [-0.2, -0.15) is 0 Å². The monoisotopic (exact) mass is 342 g/mol. The van der Waals surface area contributed by atoms with Crippen LogP contribution in [0.2, 0.25) is 0 Å². The summed E-state index contributed by atoms with van der Waals surface area (Å²) >= 11 is 0. The smallest absolute Gasteiger partial charge is 0.230 e. The average Bonchev–Trinajstić information content (AvgIpc) is 3.39. The minimum atomic E-state index is -0.600. The van der Waals surface area contributed by atoms with Crippen LogP contribution < -0.4 is 5.32 Å². The van der Waals surface area contributed by atoms with Gasteiger partial charge in [0.1, 0.15) is 11.4 Å². The number of carbonyl (C=O) groups excluding carboxylic acids is 2. The van der Waals surface area contributed by atoms with Crippen molar-refractivity contribution < 1.29 is 18.7 Å². The van der Waals surface area contributed by atoms with Crippen molar-refractivity contribution in [3.05, 3.63) is 36.3 Å². The molecule has 4 heterocycles. The molecule has 6 nitrogen and oxygen atoms in total. The van der Waals surface area contributed by atoms with E-state index in [-0.39, 0.29) is 23.8 Å². The Hall–Kier alpha value is -2.08. The Labute approximate surface area is 146 Å². The van der Waals surface area contributed by atoms with E-state index < -0.39 is 11.5 Å². The number of nitrogens with zero attached hydrogens (tertiary/aromatic N) is 1. The van der Waals surface area contributed by atoms with Crippen LogP contribution in [-0.4, -0.2) is 41.0 Å². The predicted molar refractivity (Wildman–Crippen MR) is 88.2 cm³/mol. The molecule has 2 amide bonds. The SMILES string of the molecule is O=C(NCc1ccco1)[C@H]1[C@@H]2C=C[C@]3(CN(C4CCCC4)C(=O)[C@H]13)O2. The average molecular weight is 342 g/mol. The number of furan rings is 1. The first-order chi connectivity index (χ1) is 12.2. The van der Waals surface area contributed by atoms with E-state index in [2.05, 4.69) is 5.32 Å². The number of hydrogen-bond acceptors (Lipinski definition) is 4. The molecule has 25 heavy (non-hydrogen) atoms. The van der Waals surface area contributed by atoms with Gasteiger partial charge in [0.25, 0.3) is 0 Å². The zero-order chi connectivity index (χ0) is 17.0. The molecule has 4 atom stereocenters. The molecule has 2 bridgehead atoms. The highest BCUT2D eigenvalue weighted by molar-refractivity contribution is 5.93. The van der Waals surface area contributed by atoms with Crippen molar-refractivity contribution in [2.24, 2.45) is 11.8 Å². The Bertz CT molecular complexity index is 722. The summed E-state index contributed by atoms with van der Waals surface area (Å²) in [6.07, 6.45) is 9.76. The summed E-state index contributed by atoms with van der Waals surface area (Å²) in [6, 6.07) is 3.93. The van der Waals surface area contributed by atoms with Crippen molar-refractivity contribution in [2.75, 3.05) is 6.54 Å². The van der Waals surface area contributed by atoms with E-state index in [9.17, 15) is 9.59 Å². The number of amides is 2. The summed E-state index contributed by atoms with van der Waals surface area (Å²) in [6.45, 7) is 0.926. The minimum absolute atomic E-state index is 0.0944. The molecule has 2 saturated heterocycles. The molecule has 3 fully saturated rings. The molecular formula is C19H22N2O4. The van der Waals surface area contributed by atoms with Gasteiger partial charge in [0.15, 0.2) is 0 Å². The third kappa shape index (κ3) is 2.20. The van der Waals surface area contributed by atoms with Crippen molar-refractivity contribution in [1.29, 1.82) is 0 Å². The first-order valence-electron chi connectivity index (χ1n) is 9.16. The Morgan fingerprint density at radius 2 is 2.20 bits per heavy atom. The minimum Gasteiger partial charge on any atom is -0.467 e. The van der Waals surface area contributed by atoms with Crippen LogP contribution >= 0.6 is 0 Å². The number of rotatable bonds is 4. The van der Waals surface area contributed by atoms with Gasteiger partial charge in [-0.3, -0.25) is 9.59 Å². The molecule has 1 aromatic heterocycles. The molecule has 1 N–H and O–H groups in total. The molecule has 5 rings (SSSR count). The van der Waals surface area contributed by atoms with Crippen LogP contribution in [0.1, 0.15) is 31.4 Å². The van der Waals surface area contributed by atoms with E-state index in [4.69, 9.17) is 9.15 Å². The maximum atomic E-state index is 13.1. The van der Waals surface area contributed by atoms with E-state index in [0.29, 0.717) is 24.9 Å². The fourth-order valence-electron chi connectivity index (χ4n) is 5.06. The Morgan fingerprint density at radius 1 is 1.36 bits per heavy atom. The van der Waals surface area contributed by atoms with Gasteiger partial charge in [-0.1, -0.05) is 25.0 Å². The summed E-state index contributed by atoms with van der Waals surface area (Å²) < 4.78 is 11.4. The van der Waals surface area contributed by atoms with Gasteiger partial charge < -0.3 is 19.4 Å². The lowest BCUT2D eigenvalue weighted by Crippen LogP contribution is -2.44. The summed E-state index contributed by atoms with van der Waals surface area (Å²) in [5, 5.41) is 2.91. The molecule has 0 unspecified atom stereocenters. The van der Waals surface area contributed by atoms with Crippen molar-refractivity contribution in [3.8, 4) is 0 Å². The molecule has 0 radical (unpaired) electrons. The number of carbonyl (C=O) groups is 2. The zero-order valence-electron chi connectivity index (χ0n) is 14.0. The van der Waals surface area contributed by atoms with Crippen LogP contribution in [0.15, 0.2) is 35.0 Å². The van der Waals surface area contributed by atoms with Gasteiger partial charge >= 0.3 is 0 Å². The Kier molecular flexibility index (Phi) is 3.32. The van der Waals surface area contributed by atoms with Crippen LogP contribution in [0.5, 0.6) is 0 Å². The van der Waals surface area contributed by atoms with Gasteiger partial charge in [0.05, 0.1) is 37.3 Å². The third-order valence-electron chi connectivity index (χ3n) is 6.21. The van der Waals surface area contributed by atoms with Gasteiger partial charge in [0.2, 0.25) is 11.8 Å². The van der Waals surface area contributed by atoms with Crippen molar-refractivity contribution in [2.45, 2.75) is 50.0 Å². The molecule has 1 aromatic rings. The molecule has 6 heteroatoms. The zero-order valence-corrected chi connectivity index (χ0v) is 14.0. The highest BCUT2D eigenvalue weighted by Gasteiger charge is 2.67. The van der Waals surface area contributed by atoms with E-state index in [1.807, 2.05) is 23.1 Å². The molecule has 0 aromatic carbocycles. The summed E-state index contributed by atoms with van der Waals surface area (Å²) in [7, 11) is 0. The second kappa shape index (κ2) is 5.46. The fourth-order valence-corrected chi connectivity index (χ4v) is 5.06. The quantitative estimate of drug-likeness (QED) is 0.844. The Balaban J connectivity index is 1.36. The standard InChI is InChI=1S/C19H22N2O4/c22-17(20-10-13-6-3-9-24-13)15-14-7-8-19(25-14)11-21(18(23)16(15)19)12-4-1-2-5-12/h3,6-9,12,14-16H,1-2,4-5,10-11H2,(H,20,22)/t14-,15-,16-,19+/m0/s1. The van der Waals surface area contributed by atoms with Crippen LogP contribution in [-0.2, 0) is 20.9 Å². The number of fused-ring (bicyclic) bond motifs is 1. The fraction of sp³-hybridized carbons (Fsp3) is 0.579. The van der Waals surface area contributed by atoms with Crippen molar-refractivity contribution >= 4 is 11.8 Å². The number of nitrogens with one attached hydrogen (secondary N) is 1. The lowest BCUT2D eigenvalue weighted by molar-refractivity contribution is -0.138. The highest BCUT2D eigenvalue weighted by atomic mass is 16.5. The maximum Gasteiger partial charge on any atom is 0.230 e.